The molecule has 5 rings (SSSR count). The van der Waals surface area contributed by atoms with Gasteiger partial charge in [0.05, 0.1) is 5.69 Å². The maximum Gasteiger partial charge on any atom is 0.223 e. The molecule has 5 heterocycles. The minimum atomic E-state index is -0.339. The highest BCUT2D eigenvalue weighted by molar-refractivity contribution is 5.77. The normalized spacial score (nSPS) is 20.6. The van der Waals surface area contributed by atoms with Crippen molar-refractivity contribution in [3.05, 3.63) is 53.9 Å². The average molecular weight is 423 g/mol. The first kappa shape index (κ1) is 19.9. The highest BCUT2D eigenvalue weighted by atomic mass is 19.1. The molecule has 1 amide bonds. The molecule has 9 heteroatoms. The van der Waals surface area contributed by atoms with Crippen LogP contribution in [0.2, 0.25) is 0 Å². The number of nitrogens with one attached hydrogen (secondary N) is 1. The van der Waals surface area contributed by atoms with E-state index in [-0.39, 0.29) is 18.3 Å². The van der Waals surface area contributed by atoms with Gasteiger partial charge in [-0.25, -0.2) is 18.9 Å². The third-order valence-corrected chi connectivity index (χ3v) is 6.29. The fourth-order valence-electron chi connectivity index (χ4n) is 4.73. The monoisotopic (exact) mass is 423 g/mol. The number of halogens is 1. The zero-order valence-corrected chi connectivity index (χ0v) is 17.5. The molecule has 8 nitrogen and oxygen atoms in total. The van der Waals surface area contributed by atoms with Crippen LogP contribution in [-0.2, 0) is 11.3 Å². The van der Waals surface area contributed by atoms with Crippen molar-refractivity contribution in [2.24, 2.45) is 0 Å². The van der Waals surface area contributed by atoms with Crippen LogP contribution in [0.5, 0.6) is 0 Å². The lowest BCUT2D eigenvalue weighted by molar-refractivity contribution is -0.132. The summed E-state index contributed by atoms with van der Waals surface area (Å²) in [7, 11) is 0. The molecule has 3 aromatic rings. The minimum Gasteiger partial charge on any atom is -0.347 e. The van der Waals surface area contributed by atoms with Gasteiger partial charge in [0.1, 0.15) is 18.0 Å². The Morgan fingerprint density at radius 2 is 1.97 bits per heavy atom. The predicted molar refractivity (Wildman–Crippen MR) is 114 cm³/mol. The van der Waals surface area contributed by atoms with Gasteiger partial charge in [0.2, 0.25) is 5.91 Å². The maximum absolute atomic E-state index is 14.2. The van der Waals surface area contributed by atoms with E-state index in [2.05, 4.69) is 37.4 Å². The van der Waals surface area contributed by atoms with Crippen molar-refractivity contribution in [2.75, 3.05) is 24.5 Å². The Bertz CT molecular complexity index is 1070. The zero-order chi connectivity index (χ0) is 21.4. The third-order valence-electron chi connectivity index (χ3n) is 6.29. The Morgan fingerprint density at radius 3 is 2.71 bits per heavy atom. The van der Waals surface area contributed by atoms with Crippen molar-refractivity contribution in [2.45, 2.75) is 44.8 Å². The summed E-state index contributed by atoms with van der Waals surface area (Å²) in [6.45, 7) is 4.28. The number of rotatable bonds is 6. The van der Waals surface area contributed by atoms with Gasteiger partial charge in [-0.15, -0.1) is 0 Å². The highest BCUT2D eigenvalue weighted by Crippen LogP contribution is 2.34. The smallest absolute Gasteiger partial charge is 0.223 e. The molecule has 162 valence electrons. The number of pyridine rings is 2. The number of aryl methyl sites for hydroxylation is 1. The van der Waals surface area contributed by atoms with Gasteiger partial charge >= 0.3 is 0 Å². The van der Waals surface area contributed by atoms with Gasteiger partial charge in [0.15, 0.2) is 5.65 Å². The summed E-state index contributed by atoms with van der Waals surface area (Å²) in [4.78, 5) is 25.9. The predicted octanol–water partition coefficient (Wildman–Crippen LogP) is 1.93. The molecule has 31 heavy (non-hydrogen) atoms. The van der Waals surface area contributed by atoms with Gasteiger partial charge in [-0.3, -0.25) is 4.79 Å². The summed E-state index contributed by atoms with van der Waals surface area (Å²) in [5.74, 6) is 0.811. The number of likely N-dealkylation sites (tertiary alicyclic amines) is 1. The Kier molecular flexibility index (Phi) is 5.27. The largest absolute Gasteiger partial charge is 0.347 e. The summed E-state index contributed by atoms with van der Waals surface area (Å²) in [5.41, 5.74) is 2.17. The molecule has 2 atom stereocenters. The second kappa shape index (κ2) is 8.22. The Balaban J connectivity index is 1.15. The SMILES string of the molecule is Cc1ccc(N2C3CCC2CN(C(=O)CCNCc2c(F)ccc4ncnn24)C3)nc1. The number of anilines is 1. The van der Waals surface area contributed by atoms with E-state index in [1.54, 1.807) is 6.07 Å². The van der Waals surface area contributed by atoms with Gasteiger partial charge in [0.25, 0.3) is 0 Å². The van der Waals surface area contributed by atoms with Crippen molar-refractivity contribution in [1.29, 1.82) is 0 Å². The summed E-state index contributed by atoms with van der Waals surface area (Å²) < 4.78 is 15.6. The van der Waals surface area contributed by atoms with Gasteiger partial charge < -0.3 is 15.1 Å². The van der Waals surface area contributed by atoms with E-state index in [1.807, 2.05) is 18.0 Å². The lowest BCUT2D eigenvalue weighted by atomic mass is 10.1. The molecule has 2 saturated heterocycles. The Morgan fingerprint density at radius 1 is 1.16 bits per heavy atom. The van der Waals surface area contributed by atoms with E-state index in [1.165, 1.54) is 16.9 Å². The van der Waals surface area contributed by atoms with Crippen LogP contribution in [0.15, 0.2) is 36.8 Å². The van der Waals surface area contributed by atoms with Gasteiger partial charge in [-0.05, 0) is 43.5 Å². The van der Waals surface area contributed by atoms with E-state index in [0.29, 0.717) is 36.4 Å². The first-order chi connectivity index (χ1) is 15.1. The van der Waals surface area contributed by atoms with Crippen molar-refractivity contribution in [3.63, 3.8) is 0 Å². The lowest BCUT2D eigenvalue weighted by Crippen LogP contribution is -2.56. The summed E-state index contributed by atoms with van der Waals surface area (Å²) >= 11 is 0. The topological polar surface area (TPSA) is 78.7 Å². The molecular formula is C22H26FN7O. The summed E-state index contributed by atoms with van der Waals surface area (Å²) in [6.07, 6.45) is 5.87. The fourth-order valence-corrected chi connectivity index (χ4v) is 4.73. The molecule has 0 aliphatic carbocycles. The molecule has 0 radical (unpaired) electrons. The summed E-state index contributed by atoms with van der Waals surface area (Å²) in [6, 6.07) is 7.80. The van der Waals surface area contributed by atoms with E-state index in [4.69, 9.17) is 0 Å². The van der Waals surface area contributed by atoms with Crippen molar-refractivity contribution >= 4 is 17.4 Å². The van der Waals surface area contributed by atoms with Crippen LogP contribution in [0.4, 0.5) is 10.2 Å². The van der Waals surface area contributed by atoms with Crippen LogP contribution in [0.1, 0.15) is 30.5 Å². The van der Waals surface area contributed by atoms with Gasteiger partial charge in [-0.1, -0.05) is 6.07 Å². The zero-order valence-electron chi connectivity index (χ0n) is 17.5. The second-order valence-electron chi connectivity index (χ2n) is 8.37. The molecule has 0 saturated carbocycles. The molecule has 2 unspecified atom stereocenters. The van der Waals surface area contributed by atoms with Crippen molar-refractivity contribution in [3.8, 4) is 0 Å². The fraction of sp³-hybridized carbons (Fsp3) is 0.455. The number of hydrogen-bond donors (Lipinski definition) is 1. The van der Waals surface area contributed by atoms with Crippen LogP contribution in [0, 0.1) is 12.7 Å². The molecule has 0 spiro atoms. The number of carbonyl (C=O) groups is 1. The van der Waals surface area contributed by atoms with E-state index in [9.17, 15) is 9.18 Å². The van der Waals surface area contributed by atoms with E-state index in [0.717, 1.165) is 37.3 Å². The van der Waals surface area contributed by atoms with Crippen LogP contribution < -0.4 is 10.2 Å². The van der Waals surface area contributed by atoms with Crippen molar-refractivity contribution < 1.29 is 9.18 Å². The number of aromatic nitrogens is 4. The highest BCUT2D eigenvalue weighted by Gasteiger charge is 2.41. The lowest BCUT2D eigenvalue weighted by Gasteiger charge is -2.42. The summed E-state index contributed by atoms with van der Waals surface area (Å²) in [5, 5.41) is 7.24. The van der Waals surface area contributed by atoms with Crippen LogP contribution in [0.25, 0.3) is 5.65 Å². The molecule has 2 fully saturated rings. The minimum absolute atomic E-state index is 0.139. The van der Waals surface area contributed by atoms with Crippen LogP contribution >= 0.6 is 0 Å². The van der Waals surface area contributed by atoms with Crippen molar-refractivity contribution in [1.82, 2.24) is 29.8 Å². The first-order valence-corrected chi connectivity index (χ1v) is 10.8. The average Bonchev–Trinajstić information content (AvgIpc) is 3.34. The Hall–Kier alpha value is -3.07. The molecule has 2 aliphatic heterocycles. The molecule has 0 aromatic carbocycles. The number of carbonyl (C=O) groups excluding carboxylic acids is 1. The van der Waals surface area contributed by atoms with Crippen LogP contribution in [0.3, 0.4) is 0 Å². The Labute approximate surface area is 180 Å². The molecule has 2 aliphatic rings. The van der Waals surface area contributed by atoms with E-state index < -0.39 is 0 Å². The number of hydrogen-bond acceptors (Lipinski definition) is 6. The van der Waals surface area contributed by atoms with E-state index >= 15 is 0 Å². The number of fused-ring (bicyclic) bond motifs is 3. The van der Waals surface area contributed by atoms with Crippen LogP contribution in [-0.4, -0.2) is 62.1 Å². The number of piperazine rings is 1. The third kappa shape index (κ3) is 3.85. The molecule has 2 bridgehead atoms. The number of amides is 1. The quantitative estimate of drug-likeness (QED) is 0.611. The molecule has 3 aromatic heterocycles. The number of nitrogens with zero attached hydrogens (tertiary/aromatic N) is 6. The first-order valence-electron chi connectivity index (χ1n) is 10.8. The molecular weight excluding hydrogens is 397 g/mol. The van der Waals surface area contributed by atoms with Gasteiger partial charge in [-0.2, -0.15) is 5.10 Å². The van der Waals surface area contributed by atoms with Gasteiger partial charge in [0, 0.05) is 50.9 Å². The maximum atomic E-state index is 14.2. The standard InChI is InChI=1S/C22H26FN7O/c1-15-2-6-20(25-10-15)29-16-3-4-17(29)13-28(12-16)22(31)8-9-24-11-19-18(23)5-7-21-26-14-27-30(19)21/h2,5-7,10,14,16-17,24H,3-4,8-9,11-13H2,1H3. The second-order valence-corrected chi connectivity index (χ2v) is 8.37. The molecule has 1 N–H and O–H groups in total.